The second kappa shape index (κ2) is 7.03. The Morgan fingerprint density at radius 1 is 1.37 bits per heavy atom. The molecule has 106 valence electrons. The fraction of sp³-hybridized carbons (Fsp3) is 0.417. The van der Waals surface area contributed by atoms with E-state index in [1.165, 1.54) is 0 Å². The number of aryl methyl sites for hydroxylation is 1. The lowest BCUT2D eigenvalue weighted by Crippen LogP contribution is -2.41. The molecule has 19 heavy (non-hydrogen) atoms. The van der Waals surface area contributed by atoms with Crippen molar-refractivity contribution in [3.8, 4) is 0 Å². The molecule has 0 atom stereocenters. The Morgan fingerprint density at radius 3 is 2.63 bits per heavy atom. The predicted octanol–water partition coefficient (Wildman–Crippen LogP) is 2.64. The zero-order valence-corrected chi connectivity index (χ0v) is 11.6. The van der Waals surface area contributed by atoms with E-state index in [0.29, 0.717) is 16.5 Å². The number of alkyl halides is 2. The van der Waals surface area contributed by atoms with Gasteiger partial charge in [-0.1, -0.05) is 29.3 Å². The summed E-state index contributed by atoms with van der Waals surface area (Å²) in [6.07, 6.45) is 0.429. The number of benzene rings is 1. The van der Waals surface area contributed by atoms with Crippen molar-refractivity contribution in [1.82, 2.24) is 5.32 Å². The standard InChI is InChI=1S/C12H14Cl2F2N2O/c13-9-3-1-8(10(14)5-9)2-4-11(19)18-7-12(15,16)6-17/h1,3,5H,2,4,6-7,17H2,(H,18,19). The monoisotopic (exact) mass is 310 g/mol. The quantitative estimate of drug-likeness (QED) is 0.848. The molecule has 0 heterocycles. The molecule has 1 aromatic carbocycles. The Balaban J connectivity index is 2.42. The average molecular weight is 311 g/mol. The van der Waals surface area contributed by atoms with Crippen LogP contribution in [0.15, 0.2) is 18.2 Å². The molecule has 0 radical (unpaired) electrons. The van der Waals surface area contributed by atoms with Crippen molar-refractivity contribution >= 4 is 29.1 Å². The molecule has 0 saturated carbocycles. The number of carbonyl (C=O) groups is 1. The zero-order valence-electron chi connectivity index (χ0n) is 10.1. The number of carbonyl (C=O) groups excluding carboxylic acids is 1. The molecule has 0 saturated heterocycles. The van der Waals surface area contributed by atoms with E-state index in [4.69, 9.17) is 28.9 Å². The van der Waals surface area contributed by atoms with Crippen LogP contribution in [0.5, 0.6) is 0 Å². The van der Waals surface area contributed by atoms with Gasteiger partial charge in [-0.2, -0.15) is 0 Å². The lowest BCUT2D eigenvalue weighted by molar-refractivity contribution is -0.122. The van der Waals surface area contributed by atoms with E-state index in [-0.39, 0.29) is 6.42 Å². The maximum atomic E-state index is 12.8. The molecule has 0 aliphatic rings. The van der Waals surface area contributed by atoms with Crippen LogP contribution < -0.4 is 11.1 Å². The van der Waals surface area contributed by atoms with Crippen molar-refractivity contribution < 1.29 is 13.6 Å². The third-order valence-electron chi connectivity index (χ3n) is 2.48. The van der Waals surface area contributed by atoms with Crippen molar-refractivity contribution in [2.45, 2.75) is 18.8 Å². The minimum absolute atomic E-state index is 0.0714. The van der Waals surface area contributed by atoms with E-state index in [1.807, 2.05) is 0 Å². The highest BCUT2D eigenvalue weighted by molar-refractivity contribution is 6.35. The minimum atomic E-state index is -3.08. The summed E-state index contributed by atoms with van der Waals surface area (Å²) in [6, 6.07) is 4.93. The highest BCUT2D eigenvalue weighted by Crippen LogP contribution is 2.22. The van der Waals surface area contributed by atoms with Gasteiger partial charge in [-0.3, -0.25) is 4.79 Å². The summed E-state index contributed by atoms with van der Waals surface area (Å²) in [6.45, 7) is -1.55. The number of hydrogen-bond acceptors (Lipinski definition) is 2. The van der Waals surface area contributed by atoms with Crippen molar-refractivity contribution in [3.63, 3.8) is 0 Å². The molecule has 0 unspecified atom stereocenters. The smallest absolute Gasteiger partial charge is 0.277 e. The van der Waals surface area contributed by atoms with Crippen LogP contribution in [0.3, 0.4) is 0 Å². The normalized spacial score (nSPS) is 11.4. The van der Waals surface area contributed by atoms with Gasteiger partial charge < -0.3 is 11.1 Å². The van der Waals surface area contributed by atoms with Gasteiger partial charge in [0.2, 0.25) is 5.91 Å². The summed E-state index contributed by atoms with van der Waals surface area (Å²) >= 11 is 11.7. The van der Waals surface area contributed by atoms with Crippen LogP contribution in [0, 0.1) is 0 Å². The van der Waals surface area contributed by atoms with E-state index in [2.05, 4.69) is 5.32 Å². The lowest BCUT2D eigenvalue weighted by Gasteiger charge is -2.14. The lowest BCUT2D eigenvalue weighted by atomic mass is 10.1. The minimum Gasteiger partial charge on any atom is -0.350 e. The number of rotatable bonds is 6. The number of halogens is 4. The van der Waals surface area contributed by atoms with Gasteiger partial charge in [-0.05, 0) is 24.1 Å². The summed E-state index contributed by atoms with van der Waals surface area (Å²) < 4.78 is 25.6. The molecule has 0 aliphatic carbocycles. The molecule has 0 aliphatic heterocycles. The highest BCUT2D eigenvalue weighted by Gasteiger charge is 2.26. The third kappa shape index (κ3) is 5.72. The molecule has 3 N–H and O–H groups in total. The van der Waals surface area contributed by atoms with Gasteiger partial charge in [-0.15, -0.1) is 0 Å². The van der Waals surface area contributed by atoms with Gasteiger partial charge in [0, 0.05) is 16.5 Å². The topological polar surface area (TPSA) is 55.1 Å². The maximum absolute atomic E-state index is 12.8. The van der Waals surface area contributed by atoms with Crippen molar-refractivity contribution in [2.24, 2.45) is 5.73 Å². The van der Waals surface area contributed by atoms with Gasteiger partial charge in [0.05, 0.1) is 13.1 Å². The Bertz CT molecular complexity index is 455. The van der Waals surface area contributed by atoms with E-state index in [0.717, 1.165) is 5.56 Å². The van der Waals surface area contributed by atoms with Gasteiger partial charge in [0.1, 0.15) is 0 Å². The first kappa shape index (κ1) is 16.1. The maximum Gasteiger partial charge on any atom is 0.277 e. The summed E-state index contributed by atoms with van der Waals surface area (Å²) in [5.41, 5.74) is 5.60. The summed E-state index contributed by atoms with van der Waals surface area (Å²) in [4.78, 5) is 11.4. The molecular formula is C12H14Cl2F2N2O. The number of hydrogen-bond donors (Lipinski definition) is 2. The van der Waals surface area contributed by atoms with Gasteiger partial charge in [-0.25, -0.2) is 8.78 Å². The first-order valence-electron chi connectivity index (χ1n) is 5.62. The fourth-order valence-electron chi connectivity index (χ4n) is 1.36. The number of nitrogens with one attached hydrogen (secondary N) is 1. The Hall–Kier alpha value is -0.910. The van der Waals surface area contributed by atoms with Crippen LogP contribution in [0.4, 0.5) is 8.78 Å². The van der Waals surface area contributed by atoms with Crippen LogP contribution >= 0.6 is 23.2 Å². The molecule has 0 fully saturated rings. The van der Waals surface area contributed by atoms with Crippen LogP contribution in [0.2, 0.25) is 10.0 Å². The molecule has 1 aromatic rings. The predicted molar refractivity (Wildman–Crippen MR) is 71.8 cm³/mol. The zero-order chi connectivity index (χ0) is 14.5. The molecule has 1 amide bonds. The van der Waals surface area contributed by atoms with Crippen LogP contribution in [-0.4, -0.2) is 24.9 Å². The van der Waals surface area contributed by atoms with Gasteiger partial charge in [0.25, 0.3) is 5.92 Å². The Labute approximate surface area is 120 Å². The Morgan fingerprint density at radius 2 is 2.05 bits per heavy atom. The third-order valence-corrected chi connectivity index (χ3v) is 3.07. The van der Waals surface area contributed by atoms with Crippen molar-refractivity contribution in [3.05, 3.63) is 33.8 Å². The van der Waals surface area contributed by atoms with Crippen LogP contribution in [-0.2, 0) is 11.2 Å². The van der Waals surface area contributed by atoms with Gasteiger partial charge >= 0.3 is 0 Å². The molecule has 0 bridgehead atoms. The van der Waals surface area contributed by atoms with E-state index >= 15 is 0 Å². The molecular weight excluding hydrogens is 297 g/mol. The van der Waals surface area contributed by atoms with Gasteiger partial charge in [0.15, 0.2) is 0 Å². The summed E-state index contributed by atoms with van der Waals surface area (Å²) in [5.74, 6) is -3.55. The summed E-state index contributed by atoms with van der Waals surface area (Å²) in [5, 5.41) is 3.09. The second-order valence-corrected chi connectivity index (χ2v) is 4.92. The molecule has 0 spiro atoms. The SMILES string of the molecule is NCC(F)(F)CNC(=O)CCc1ccc(Cl)cc1Cl. The number of nitrogens with two attached hydrogens (primary N) is 1. The van der Waals surface area contributed by atoms with E-state index in [1.54, 1.807) is 18.2 Å². The average Bonchev–Trinajstić information content (AvgIpc) is 2.35. The van der Waals surface area contributed by atoms with E-state index in [9.17, 15) is 13.6 Å². The van der Waals surface area contributed by atoms with Crippen molar-refractivity contribution in [1.29, 1.82) is 0 Å². The molecule has 3 nitrogen and oxygen atoms in total. The molecule has 1 rings (SSSR count). The van der Waals surface area contributed by atoms with Crippen LogP contribution in [0.25, 0.3) is 0 Å². The highest BCUT2D eigenvalue weighted by atomic mass is 35.5. The molecule has 7 heteroatoms. The second-order valence-electron chi connectivity index (χ2n) is 4.07. The van der Waals surface area contributed by atoms with Crippen molar-refractivity contribution in [2.75, 3.05) is 13.1 Å². The number of amides is 1. The summed E-state index contributed by atoms with van der Waals surface area (Å²) in [7, 11) is 0. The largest absolute Gasteiger partial charge is 0.350 e. The molecule has 0 aromatic heterocycles. The first-order valence-corrected chi connectivity index (χ1v) is 6.38. The van der Waals surface area contributed by atoms with E-state index < -0.39 is 24.9 Å². The first-order chi connectivity index (χ1) is 8.84. The fourth-order valence-corrected chi connectivity index (χ4v) is 1.86. The Kier molecular flexibility index (Phi) is 5.97. The van der Waals surface area contributed by atoms with Crippen LogP contribution in [0.1, 0.15) is 12.0 Å².